The number of para-hydroxylation sites is 1. The number of aromatic nitrogens is 1. The molecule has 0 bridgehead atoms. The lowest BCUT2D eigenvalue weighted by Gasteiger charge is -2.32. The lowest BCUT2D eigenvalue weighted by atomic mass is 10.1. The molecule has 0 aliphatic rings. The van der Waals surface area contributed by atoms with E-state index in [0.29, 0.717) is 22.2 Å². The van der Waals surface area contributed by atoms with E-state index in [4.69, 9.17) is 5.73 Å². The highest BCUT2D eigenvalue weighted by Crippen LogP contribution is 2.33. The molecule has 0 radical (unpaired) electrons. The Morgan fingerprint density at radius 2 is 1.90 bits per heavy atom. The van der Waals surface area contributed by atoms with E-state index in [1.165, 1.54) is 4.90 Å². The molecule has 1 heterocycles. The van der Waals surface area contributed by atoms with Gasteiger partial charge in [-0.15, -0.1) is 0 Å². The van der Waals surface area contributed by atoms with Gasteiger partial charge in [0, 0.05) is 29.7 Å². The number of benzene rings is 1. The van der Waals surface area contributed by atoms with Crippen LogP contribution < -0.4 is 10.6 Å². The first-order valence-corrected chi connectivity index (χ1v) is 6.73. The number of alkyl halides is 3. The van der Waals surface area contributed by atoms with E-state index in [2.05, 4.69) is 4.98 Å². The number of nitrogens with two attached hydrogens (primary N) is 1. The second kappa shape index (κ2) is 5.89. The van der Waals surface area contributed by atoms with Gasteiger partial charge in [-0.3, -0.25) is 4.98 Å². The summed E-state index contributed by atoms with van der Waals surface area (Å²) in [7, 11) is 0. The van der Waals surface area contributed by atoms with E-state index in [9.17, 15) is 13.2 Å². The third-order valence-electron chi connectivity index (χ3n) is 3.30. The molecule has 114 valence electrons. The van der Waals surface area contributed by atoms with Crippen molar-refractivity contribution >= 4 is 16.6 Å². The molecule has 0 fully saturated rings. The summed E-state index contributed by atoms with van der Waals surface area (Å²) >= 11 is 0. The Labute approximate surface area is 121 Å². The Bertz CT molecular complexity index is 623. The molecule has 2 rings (SSSR count). The number of hydrogen-bond donors (Lipinski definition) is 1. The lowest BCUT2D eigenvalue weighted by Crippen LogP contribution is -2.40. The summed E-state index contributed by atoms with van der Waals surface area (Å²) in [5.41, 5.74) is 7.50. The maximum Gasteiger partial charge on any atom is 0.405 e. The standard InChI is InChI=1S/C15H18F3N3/c1-10(2)21(9-15(16,17)18)14-11(7-19)8-20-13-6-4-3-5-12(13)14/h3-6,8,10H,7,9,19H2,1-2H3. The van der Waals surface area contributed by atoms with Crippen LogP contribution in [0.5, 0.6) is 0 Å². The Hall–Kier alpha value is -1.82. The van der Waals surface area contributed by atoms with Gasteiger partial charge in [-0.25, -0.2) is 0 Å². The molecule has 3 nitrogen and oxygen atoms in total. The maximum absolute atomic E-state index is 12.9. The summed E-state index contributed by atoms with van der Waals surface area (Å²) in [6.45, 7) is 2.61. The van der Waals surface area contributed by atoms with Gasteiger partial charge in [0.1, 0.15) is 6.54 Å². The van der Waals surface area contributed by atoms with Gasteiger partial charge >= 0.3 is 6.18 Å². The number of nitrogens with zero attached hydrogens (tertiary/aromatic N) is 2. The molecule has 0 saturated carbocycles. The van der Waals surface area contributed by atoms with E-state index >= 15 is 0 Å². The predicted molar refractivity (Wildman–Crippen MR) is 78.2 cm³/mol. The minimum Gasteiger partial charge on any atom is -0.359 e. The first-order chi connectivity index (χ1) is 9.83. The third-order valence-corrected chi connectivity index (χ3v) is 3.30. The highest BCUT2D eigenvalue weighted by Gasteiger charge is 2.33. The van der Waals surface area contributed by atoms with Crippen molar-refractivity contribution in [3.63, 3.8) is 0 Å². The van der Waals surface area contributed by atoms with Crippen molar-refractivity contribution in [2.75, 3.05) is 11.4 Å². The lowest BCUT2D eigenvalue weighted by molar-refractivity contribution is -0.120. The Morgan fingerprint density at radius 1 is 1.24 bits per heavy atom. The summed E-state index contributed by atoms with van der Waals surface area (Å²) in [6, 6.07) is 6.86. The topological polar surface area (TPSA) is 42.1 Å². The molecule has 6 heteroatoms. The summed E-state index contributed by atoms with van der Waals surface area (Å²) in [5.74, 6) is 0. The second-order valence-electron chi connectivity index (χ2n) is 5.19. The zero-order valence-corrected chi connectivity index (χ0v) is 12.0. The van der Waals surface area contributed by atoms with Gasteiger partial charge in [0.2, 0.25) is 0 Å². The van der Waals surface area contributed by atoms with Crippen LogP contribution in [0.3, 0.4) is 0 Å². The molecule has 1 aromatic heterocycles. The van der Waals surface area contributed by atoms with Crippen LogP contribution in [0.25, 0.3) is 10.9 Å². The molecule has 0 aliphatic carbocycles. The highest BCUT2D eigenvalue weighted by atomic mass is 19.4. The molecule has 21 heavy (non-hydrogen) atoms. The summed E-state index contributed by atoms with van der Waals surface area (Å²) < 4.78 is 38.7. The first-order valence-electron chi connectivity index (χ1n) is 6.73. The normalized spacial score (nSPS) is 12.1. The summed E-state index contributed by atoms with van der Waals surface area (Å²) in [6.07, 6.45) is -2.72. The number of rotatable bonds is 4. The molecule has 0 spiro atoms. The fourth-order valence-corrected chi connectivity index (χ4v) is 2.37. The van der Waals surface area contributed by atoms with Crippen LogP contribution in [-0.2, 0) is 6.54 Å². The quantitative estimate of drug-likeness (QED) is 0.939. The molecule has 0 amide bonds. The zero-order chi connectivity index (χ0) is 15.6. The molecule has 2 N–H and O–H groups in total. The molecular weight excluding hydrogens is 279 g/mol. The summed E-state index contributed by atoms with van der Waals surface area (Å²) in [4.78, 5) is 5.60. The minimum absolute atomic E-state index is 0.147. The van der Waals surface area contributed by atoms with Crippen molar-refractivity contribution in [1.29, 1.82) is 0 Å². The molecule has 2 aromatic rings. The van der Waals surface area contributed by atoms with Gasteiger partial charge in [0.05, 0.1) is 11.2 Å². The van der Waals surface area contributed by atoms with Crippen molar-refractivity contribution in [2.45, 2.75) is 32.6 Å². The summed E-state index contributed by atoms with van der Waals surface area (Å²) in [5, 5.41) is 0.693. The van der Waals surface area contributed by atoms with Crippen molar-refractivity contribution < 1.29 is 13.2 Å². The number of halogens is 3. The van der Waals surface area contributed by atoms with Gasteiger partial charge in [-0.05, 0) is 19.9 Å². The molecular formula is C15H18F3N3. The minimum atomic E-state index is -4.28. The van der Waals surface area contributed by atoms with E-state index in [1.807, 2.05) is 6.07 Å². The van der Waals surface area contributed by atoms with Crippen LogP contribution >= 0.6 is 0 Å². The average Bonchev–Trinajstić information content (AvgIpc) is 2.42. The SMILES string of the molecule is CC(C)N(CC(F)(F)F)c1c(CN)cnc2ccccc12. The fourth-order valence-electron chi connectivity index (χ4n) is 2.37. The van der Waals surface area contributed by atoms with Crippen LogP contribution in [0, 0.1) is 0 Å². The van der Waals surface area contributed by atoms with Gasteiger partial charge < -0.3 is 10.6 Å². The van der Waals surface area contributed by atoms with E-state index in [0.717, 1.165) is 0 Å². The van der Waals surface area contributed by atoms with E-state index in [-0.39, 0.29) is 12.6 Å². The molecule has 0 saturated heterocycles. The van der Waals surface area contributed by atoms with Crippen LogP contribution in [-0.4, -0.2) is 23.7 Å². The van der Waals surface area contributed by atoms with Crippen molar-refractivity contribution in [2.24, 2.45) is 5.73 Å². The second-order valence-corrected chi connectivity index (χ2v) is 5.19. The van der Waals surface area contributed by atoms with E-state index in [1.54, 1.807) is 38.2 Å². The third kappa shape index (κ3) is 3.44. The highest BCUT2D eigenvalue weighted by molar-refractivity contribution is 5.93. The first kappa shape index (κ1) is 15.6. The predicted octanol–water partition coefficient (Wildman–Crippen LogP) is 3.47. The van der Waals surface area contributed by atoms with Gasteiger partial charge in [0.25, 0.3) is 0 Å². The van der Waals surface area contributed by atoms with Crippen molar-refractivity contribution in [3.05, 3.63) is 36.0 Å². The smallest absolute Gasteiger partial charge is 0.359 e. The number of hydrogen-bond acceptors (Lipinski definition) is 3. The maximum atomic E-state index is 12.9. The monoisotopic (exact) mass is 297 g/mol. The Morgan fingerprint density at radius 3 is 2.48 bits per heavy atom. The van der Waals surface area contributed by atoms with Crippen LogP contribution in [0.15, 0.2) is 30.5 Å². The zero-order valence-electron chi connectivity index (χ0n) is 12.0. The Balaban J connectivity index is 2.65. The van der Waals surface area contributed by atoms with Crippen LogP contribution in [0.1, 0.15) is 19.4 Å². The van der Waals surface area contributed by atoms with Gasteiger partial charge in [-0.2, -0.15) is 13.2 Å². The average molecular weight is 297 g/mol. The molecule has 0 atom stereocenters. The number of anilines is 1. The largest absolute Gasteiger partial charge is 0.405 e. The number of fused-ring (bicyclic) bond motifs is 1. The van der Waals surface area contributed by atoms with Gasteiger partial charge in [0.15, 0.2) is 0 Å². The molecule has 1 aromatic carbocycles. The fraction of sp³-hybridized carbons (Fsp3) is 0.400. The van der Waals surface area contributed by atoms with Crippen molar-refractivity contribution in [1.82, 2.24) is 4.98 Å². The van der Waals surface area contributed by atoms with E-state index < -0.39 is 12.7 Å². The molecule has 0 unspecified atom stereocenters. The molecule has 0 aliphatic heterocycles. The Kier molecular flexibility index (Phi) is 4.37. The van der Waals surface area contributed by atoms with Crippen molar-refractivity contribution in [3.8, 4) is 0 Å². The van der Waals surface area contributed by atoms with Crippen LogP contribution in [0.4, 0.5) is 18.9 Å². The van der Waals surface area contributed by atoms with Crippen LogP contribution in [0.2, 0.25) is 0 Å². The van der Waals surface area contributed by atoms with Gasteiger partial charge in [-0.1, -0.05) is 18.2 Å². The number of pyridine rings is 1.